The van der Waals surface area contributed by atoms with Gasteiger partial charge in [0, 0.05) is 24.3 Å². The topological polar surface area (TPSA) is 80.3 Å². The SMILES string of the molecule is CC1Oc2ccc(NC(=O)c3ccc4c(c3)OCO4)cc2N(CCN(C)C)C1=O. The van der Waals surface area contributed by atoms with Gasteiger partial charge in [0.25, 0.3) is 11.8 Å². The fraction of sp³-hybridized carbons (Fsp3) is 0.333. The Bertz CT molecular complexity index is 959. The first kappa shape index (κ1) is 19.1. The van der Waals surface area contributed by atoms with Crippen molar-refractivity contribution in [1.82, 2.24) is 4.90 Å². The number of benzene rings is 2. The van der Waals surface area contributed by atoms with Crippen LogP contribution in [0.4, 0.5) is 11.4 Å². The number of anilines is 2. The summed E-state index contributed by atoms with van der Waals surface area (Å²) in [5, 5.41) is 2.87. The molecule has 2 aliphatic heterocycles. The summed E-state index contributed by atoms with van der Waals surface area (Å²) in [6.07, 6.45) is -0.543. The molecule has 8 nitrogen and oxygen atoms in total. The molecule has 0 saturated carbocycles. The lowest BCUT2D eigenvalue weighted by Gasteiger charge is -2.34. The van der Waals surface area contributed by atoms with Crippen LogP contribution in [0.25, 0.3) is 0 Å². The van der Waals surface area contributed by atoms with Crippen LogP contribution >= 0.6 is 0 Å². The van der Waals surface area contributed by atoms with Crippen molar-refractivity contribution in [3.63, 3.8) is 0 Å². The van der Waals surface area contributed by atoms with E-state index in [1.165, 1.54) is 0 Å². The van der Waals surface area contributed by atoms with Crippen LogP contribution in [0.2, 0.25) is 0 Å². The van der Waals surface area contributed by atoms with Gasteiger partial charge in [0.15, 0.2) is 17.6 Å². The van der Waals surface area contributed by atoms with Crippen LogP contribution in [0.3, 0.4) is 0 Å². The molecular formula is C21H23N3O5. The Morgan fingerprint density at radius 1 is 1.14 bits per heavy atom. The molecule has 8 heteroatoms. The summed E-state index contributed by atoms with van der Waals surface area (Å²) < 4.78 is 16.3. The molecule has 2 aliphatic rings. The molecule has 29 heavy (non-hydrogen) atoms. The van der Waals surface area contributed by atoms with Gasteiger partial charge in [0.05, 0.1) is 5.69 Å². The second-order valence-electron chi connectivity index (χ2n) is 7.26. The van der Waals surface area contributed by atoms with E-state index in [2.05, 4.69) is 5.32 Å². The van der Waals surface area contributed by atoms with Crippen molar-refractivity contribution >= 4 is 23.2 Å². The smallest absolute Gasteiger partial charge is 0.267 e. The number of rotatable bonds is 5. The van der Waals surface area contributed by atoms with Gasteiger partial charge < -0.3 is 29.3 Å². The van der Waals surface area contributed by atoms with Gasteiger partial charge in [0.2, 0.25) is 6.79 Å². The first-order valence-electron chi connectivity index (χ1n) is 9.40. The van der Waals surface area contributed by atoms with Crippen molar-refractivity contribution < 1.29 is 23.8 Å². The van der Waals surface area contributed by atoms with E-state index in [1.807, 2.05) is 19.0 Å². The zero-order valence-corrected chi connectivity index (χ0v) is 16.6. The number of hydrogen-bond donors (Lipinski definition) is 1. The number of fused-ring (bicyclic) bond motifs is 2. The third-order valence-corrected chi connectivity index (χ3v) is 4.83. The molecule has 0 radical (unpaired) electrons. The van der Waals surface area contributed by atoms with Crippen LogP contribution < -0.4 is 24.4 Å². The quantitative estimate of drug-likeness (QED) is 0.834. The molecule has 1 unspecified atom stereocenters. The summed E-state index contributed by atoms with van der Waals surface area (Å²) in [4.78, 5) is 29.0. The lowest BCUT2D eigenvalue weighted by molar-refractivity contribution is -0.125. The number of likely N-dealkylation sites (N-methyl/N-ethyl adjacent to an activating group) is 1. The molecule has 0 spiro atoms. The van der Waals surface area contributed by atoms with E-state index in [9.17, 15) is 9.59 Å². The van der Waals surface area contributed by atoms with E-state index in [1.54, 1.807) is 48.2 Å². The Morgan fingerprint density at radius 2 is 1.90 bits per heavy atom. The summed E-state index contributed by atoms with van der Waals surface area (Å²) in [7, 11) is 3.91. The number of hydrogen-bond acceptors (Lipinski definition) is 6. The van der Waals surface area contributed by atoms with Crippen LogP contribution in [-0.2, 0) is 4.79 Å². The monoisotopic (exact) mass is 397 g/mol. The summed E-state index contributed by atoms with van der Waals surface area (Å²) in [5.74, 6) is 1.41. The Morgan fingerprint density at radius 3 is 2.69 bits per heavy atom. The summed E-state index contributed by atoms with van der Waals surface area (Å²) in [5.41, 5.74) is 1.68. The zero-order valence-electron chi connectivity index (χ0n) is 16.6. The van der Waals surface area contributed by atoms with Gasteiger partial charge in [-0.25, -0.2) is 0 Å². The average Bonchev–Trinajstić information content (AvgIpc) is 3.16. The maximum absolute atomic E-state index is 12.7. The van der Waals surface area contributed by atoms with Crippen LogP contribution in [0.1, 0.15) is 17.3 Å². The molecule has 0 bridgehead atoms. The number of amides is 2. The molecule has 152 valence electrons. The molecule has 4 rings (SSSR count). The van der Waals surface area contributed by atoms with E-state index < -0.39 is 6.10 Å². The molecular weight excluding hydrogens is 374 g/mol. The number of carbonyl (C=O) groups excluding carboxylic acids is 2. The minimum atomic E-state index is -0.543. The maximum Gasteiger partial charge on any atom is 0.267 e. The predicted octanol–water partition coefficient (Wildman–Crippen LogP) is 2.34. The van der Waals surface area contributed by atoms with Gasteiger partial charge in [-0.3, -0.25) is 9.59 Å². The molecule has 0 fully saturated rings. The van der Waals surface area contributed by atoms with E-state index in [4.69, 9.17) is 14.2 Å². The zero-order chi connectivity index (χ0) is 20.5. The van der Waals surface area contributed by atoms with Gasteiger partial charge in [-0.2, -0.15) is 0 Å². The van der Waals surface area contributed by atoms with Gasteiger partial charge >= 0.3 is 0 Å². The van der Waals surface area contributed by atoms with Crippen molar-refractivity contribution in [3.8, 4) is 17.2 Å². The molecule has 0 aromatic heterocycles. The normalized spacial score (nSPS) is 17.2. The summed E-state index contributed by atoms with van der Waals surface area (Å²) in [6.45, 7) is 3.14. The van der Waals surface area contributed by atoms with Gasteiger partial charge in [-0.15, -0.1) is 0 Å². The first-order chi connectivity index (χ1) is 13.9. The van der Waals surface area contributed by atoms with Crippen LogP contribution in [0.15, 0.2) is 36.4 Å². The second kappa shape index (κ2) is 7.63. The van der Waals surface area contributed by atoms with Crippen molar-refractivity contribution in [2.24, 2.45) is 0 Å². The Hall–Kier alpha value is -3.26. The van der Waals surface area contributed by atoms with Crippen LogP contribution in [0.5, 0.6) is 17.2 Å². The second-order valence-corrected chi connectivity index (χ2v) is 7.26. The summed E-state index contributed by atoms with van der Waals surface area (Å²) >= 11 is 0. The number of nitrogens with zero attached hydrogens (tertiary/aromatic N) is 2. The Kier molecular flexibility index (Phi) is 5.02. The highest BCUT2D eigenvalue weighted by molar-refractivity contribution is 6.06. The Labute approximate surface area is 168 Å². The van der Waals surface area contributed by atoms with Crippen LogP contribution in [0, 0.1) is 0 Å². The highest BCUT2D eigenvalue weighted by Crippen LogP contribution is 2.37. The van der Waals surface area contributed by atoms with Gasteiger partial charge in [-0.05, 0) is 57.4 Å². The van der Waals surface area contributed by atoms with E-state index >= 15 is 0 Å². The molecule has 2 aromatic carbocycles. The van der Waals surface area contributed by atoms with E-state index in [-0.39, 0.29) is 18.6 Å². The van der Waals surface area contributed by atoms with E-state index in [0.29, 0.717) is 47.3 Å². The minimum absolute atomic E-state index is 0.0985. The maximum atomic E-state index is 12.7. The molecule has 2 aromatic rings. The molecule has 2 amide bonds. The molecule has 1 N–H and O–H groups in total. The van der Waals surface area contributed by atoms with Crippen molar-refractivity contribution in [1.29, 1.82) is 0 Å². The number of nitrogens with one attached hydrogen (secondary N) is 1. The molecule has 0 saturated heterocycles. The third kappa shape index (κ3) is 3.84. The number of ether oxygens (including phenoxy) is 3. The largest absolute Gasteiger partial charge is 0.479 e. The summed E-state index contributed by atoms with van der Waals surface area (Å²) in [6, 6.07) is 10.3. The van der Waals surface area contributed by atoms with Crippen molar-refractivity contribution in [2.75, 3.05) is 44.2 Å². The van der Waals surface area contributed by atoms with E-state index in [0.717, 1.165) is 0 Å². The highest BCUT2D eigenvalue weighted by Gasteiger charge is 2.31. The lowest BCUT2D eigenvalue weighted by Crippen LogP contribution is -2.46. The van der Waals surface area contributed by atoms with Crippen molar-refractivity contribution in [3.05, 3.63) is 42.0 Å². The number of carbonyl (C=O) groups is 2. The fourth-order valence-corrected chi connectivity index (χ4v) is 3.26. The fourth-order valence-electron chi connectivity index (χ4n) is 3.26. The Balaban J connectivity index is 1.56. The molecule has 1 atom stereocenters. The highest BCUT2D eigenvalue weighted by atomic mass is 16.7. The van der Waals surface area contributed by atoms with Crippen LogP contribution in [-0.4, -0.2) is 56.8 Å². The average molecular weight is 397 g/mol. The van der Waals surface area contributed by atoms with Crippen molar-refractivity contribution in [2.45, 2.75) is 13.0 Å². The van der Waals surface area contributed by atoms with Gasteiger partial charge in [0.1, 0.15) is 5.75 Å². The molecule has 0 aliphatic carbocycles. The van der Waals surface area contributed by atoms with Gasteiger partial charge in [-0.1, -0.05) is 0 Å². The third-order valence-electron chi connectivity index (χ3n) is 4.83. The lowest BCUT2D eigenvalue weighted by atomic mass is 10.1. The molecule has 2 heterocycles. The predicted molar refractivity (Wildman–Crippen MR) is 108 cm³/mol. The first-order valence-corrected chi connectivity index (χ1v) is 9.40. The standard InChI is InChI=1S/C21H23N3O5/c1-13-21(26)24(9-8-23(2)3)16-11-15(5-7-17(16)29-13)22-20(25)14-4-6-18-19(10-14)28-12-27-18/h4-7,10-11,13H,8-9,12H2,1-3H3,(H,22,25). The minimum Gasteiger partial charge on any atom is -0.479 e.